The van der Waals surface area contributed by atoms with Gasteiger partial charge in [0.1, 0.15) is 5.75 Å². The Balaban J connectivity index is 0.000000314. The molecule has 2 aromatic carbocycles. The zero-order chi connectivity index (χ0) is 20.2. The molecule has 0 spiro atoms. The van der Waals surface area contributed by atoms with Crippen LogP contribution in [0.25, 0.3) is 10.8 Å². The topological polar surface area (TPSA) is 87.9 Å². The minimum atomic E-state index is -0.398. The van der Waals surface area contributed by atoms with Gasteiger partial charge in [-0.25, -0.2) is 0 Å². The van der Waals surface area contributed by atoms with Gasteiger partial charge in [-0.2, -0.15) is 0 Å². The first-order chi connectivity index (χ1) is 12.9. The van der Waals surface area contributed by atoms with Crippen molar-refractivity contribution in [2.75, 3.05) is 26.6 Å². The summed E-state index contributed by atoms with van der Waals surface area (Å²) in [4.78, 5) is 20.8. The lowest BCUT2D eigenvalue weighted by Gasteiger charge is -2.12. The summed E-state index contributed by atoms with van der Waals surface area (Å²) in [6.07, 6.45) is 1.22. The molecule has 6 heteroatoms. The Morgan fingerprint density at radius 3 is 2.11 bits per heavy atom. The van der Waals surface area contributed by atoms with Crippen molar-refractivity contribution in [2.24, 2.45) is 5.92 Å². The van der Waals surface area contributed by atoms with Gasteiger partial charge in [0.2, 0.25) is 0 Å². The van der Waals surface area contributed by atoms with Crippen LogP contribution in [0.4, 0.5) is 5.69 Å². The molecule has 0 aliphatic carbocycles. The Bertz CT molecular complexity index is 726. The molecule has 0 atom stereocenters. The Hall–Kier alpha value is -2.76. The van der Waals surface area contributed by atoms with E-state index in [1.807, 2.05) is 24.3 Å². The third-order valence-electron chi connectivity index (χ3n) is 3.87. The summed E-state index contributed by atoms with van der Waals surface area (Å²) in [6, 6.07) is 12.1. The number of hydrogen-bond acceptors (Lipinski definition) is 6. The van der Waals surface area contributed by atoms with Crippen molar-refractivity contribution in [3.8, 4) is 5.75 Å². The fourth-order valence-corrected chi connectivity index (χ4v) is 2.21. The number of carbonyl (C=O) groups excluding carboxylic acids is 2. The van der Waals surface area contributed by atoms with E-state index >= 15 is 0 Å². The number of nitrogens with two attached hydrogens (primary N) is 1. The van der Waals surface area contributed by atoms with Crippen LogP contribution in [0.15, 0.2) is 36.4 Å². The number of hydrogen-bond donors (Lipinski definition) is 1. The van der Waals surface area contributed by atoms with Crippen molar-refractivity contribution in [2.45, 2.75) is 33.1 Å². The number of fused-ring (bicyclic) bond motifs is 1. The van der Waals surface area contributed by atoms with Crippen molar-refractivity contribution in [3.63, 3.8) is 0 Å². The first-order valence-corrected chi connectivity index (χ1v) is 8.92. The van der Waals surface area contributed by atoms with E-state index in [4.69, 9.17) is 10.5 Å². The van der Waals surface area contributed by atoms with E-state index < -0.39 is 11.9 Å². The van der Waals surface area contributed by atoms with E-state index in [1.165, 1.54) is 14.2 Å². The van der Waals surface area contributed by atoms with Crippen molar-refractivity contribution in [1.82, 2.24) is 0 Å². The molecular formula is C21H29NO5. The fraction of sp³-hybridized carbons (Fsp3) is 0.429. The van der Waals surface area contributed by atoms with E-state index in [9.17, 15) is 9.59 Å². The van der Waals surface area contributed by atoms with Crippen LogP contribution in [-0.2, 0) is 19.1 Å². The van der Waals surface area contributed by atoms with Crippen LogP contribution < -0.4 is 10.5 Å². The van der Waals surface area contributed by atoms with E-state index in [-0.39, 0.29) is 12.8 Å². The number of anilines is 1. The quantitative estimate of drug-likeness (QED) is 0.582. The molecule has 0 saturated carbocycles. The lowest BCUT2D eigenvalue weighted by atomic mass is 10.1. The molecule has 0 heterocycles. The van der Waals surface area contributed by atoms with E-state index in [1.54, 1.807) is 0 Å². The average Bonchev–Trinajstić information content (AvgIpc) is 2.68. The van der Waals surface area contributed by atoms with E-state index in [0.29, 0.717) is 5.92 Å². The Morgan fingerprint density at radius 1 is 0.963 bits per heavy atom. The van der Waals surface area contributed by atoms with Crippen molar-refractivity contribution >= 4 is 28.4 Å². The highest BCUT2D eigenvalue weighted by molar-refractivity contribution is 5.95. The van der Waals surface area contributed by atoms with Gasteiger partial charge in [0.25, 0.3) is 0 Å². The predicted molar refractivity (Wildman–Crippen MR) is 107 cm³/mol. The van der Waals surface area contributed by atoms with Gasteiger partial charge in [-0.1, -0.05) is 44.2 Å². The highest BCUT2D eigenvalue weighted by atomic mass is 16.5. The summed E-state index contributed by atoms with van der Waals surface area (Å²) in [5.74, 6) is 0.650. The lowest BCUT2D eigenvalue weighted by molar-refractivity contribution is -0.147. The van der Waals surface area contributed by atoms with Gasteiger partial charge in [0.05, 0.1) is 39.4 Å². The van der Waals surface area contributed by atoms with Gasteiger partial charge in [-0.05, 0) is 23.8 Å². The molecule has 0 aromatic heterocycles. The predicted octanol–water partition coefficient (Wildman–Crippen LogP) is 3.96. The molecule has 0 bridgehead atoms. The molecule has 2 rings (SSSR count). The average molecular weight is 375 g/mol. The molecule has 2 N–H and O–H groups in total. The molecule has 0 aliphatic heterocycles. The van der Waals surface area contributed by atoms with Crippen LogP contribution in [0.2, 0.25) is 0 Å². The van der Waals surface area contributed by atoms with Crippen LogP contribution in [0.5, 0.6) is 5.75 Å². The molecule has 27 heavy (non-hydrogen) atoms. The van der Waals surface area contributed by atoms with Crippen molar-refractivity contribution in [1.29, 1.82) is 0 Å². The molecule has 0 saturated heterocycles. The van der Waals surface area contributed by atoms with Crippen LogP contribution in [0.1, 0.15) is 33.1 Å². The molecule has 148 valence electrons. The summed E-state index contributed by atoms with van der Waals surface area (Å²) in [7, 11) is 2.55. The number of ether oxygens (including phenoxy) is 3. The lowest BCUT2D eigenvalue weighted by Crippen LogP contribution is -2.06. The molecule has 0 radical (unpaired) electrons. The molecule has 0 fully saturated rings. The van der Waals surface area contributed by atoms with Gasteiger partial charge < -0.3 is 19.9 Å². The number of esters is 2. The monoisotopic (exact) mass is 375 g/mol. The first-order valence-electron chi connectivity index (χ1n) is 8.92. The molecule has 2 aromatic rings. The Kier molecular flexibility index (Phi) is 9.72. The normalized spacial score (nSPS) is 10.1. The standard InChI is InChI=1S/C15H19NO.C6H10O4/c1-11(2)9-10-17-14-8-7-12-5-3-4-6-13(12)15(14)16;1-9-5(7)3-4-6(8)10-2/h3-8,11H,9-10,16H2,1-2H3;3-4H2,1-2H3. The molecule has 0 amide bonds. The summed E-state index contributed by atoms with van der Waals surface area (Å²) < 4.78 is 14.3. The highest BCUT2D eigenvalue weighted by Crippen LogP contribution is 2.30. The van der Waals surface area contributed by atoms with Gasteiger partial charge in [-0.15, -0.1) is 0 Å². The first kappa shape index (κ1) is 22.3. The van der Waals surface area contributed by atoms with Gasteiger partial charge in [0.15, 0.2) is 0 Å². The number of methoxy groups -OCH3 is 2. The minimum absolute atomic E-state index is 0.0865. The maximum atomic E-state index is 10.4. The summed E-state index contributed by atoms with van der Waals surface area (Å²) in [5, 5.41) is 2.22. The largest absolute Gasteiger partial charge is 0.491 e. The molecular weight excluding hydrogens is 346 g/mol. The van der Waals surface area contributed by atoms with Gasteiger partial charge >= 0.3 is 11.9 Å². The molecule has 6 nitrogen and oxygen atoms in total. The second-order valence-corrected chi connectivity index (χ2v) is 6.38. The van der Waals surface area contributed by atoms with Crippen molar-refractivity contribution in [3.05, 3.63) is 36.4 Å². The zero-order valence-corrected chi connectivity index (χ0v) is 16.5. The maximum Gasteiger partial charge on any atom is 0.306 e. The smallest absolute Gasteiger partial charge is 0.306 e. The number of benzene rings is 2. The third kappa shape index (κ3) is 7.98. The second kappa shape index (κ2) is 11.8. The number of rotatable bonds is 7. The van der Waals surface area contributed by atoms with Crippen LogP contribution in [-0.4, -0.2) is 32.8 Å². The van der Waals surface area contributed by atoms with Crippen LogP contribution >= 0.6 is 0 Å². The Labute approximate surface area is 160 Å². The van der Waals surface area contributed by atoms with E-state index in [2.05, 4.69) is 35.5 Å². The number of carbonyl (C=O) groups is 2. The summed E-state index contributed by atoms with van der Waals surface area (Å²) >= 11 is 0. The second-order valence-electron chi connectivity index (χ2n) is 6.38. The summed E-state index contributed by atoms with van der Waals surface area (Å²) in [5.41, 5.74) is 6.85. The molecule has 0 aliphatic rings. The maximum absolute atomic E-state index is 10.4. The molecule has 0 unspecified atom stereocenters. The number of nitrogen functional groups attached to an aromatic ring is 1. The highest BCUT2D eigenvalue weighted by Gasteiger charge is 2.06. The van der Waals surface area contributed by atoms with Gasteiger partial charge in [0, 0.05) is 5.39 Å². The zero-order valence-electron chi connectivity index (χ0n) is 16.5. The van der Waals surface area contributed by atoms with E-state index in [0.717, 1.165) is 35.2 Å². The Morgan fingerprint density at radius 2 is 1.56 bits per heavy atom. The summed E-state index contributed by atoms with van der Waals surface area (Å²) in [6.45, 7) is 5.10. The van der Waals surface area contributed by atoms with Crippen molar-refractivity contribution < 1.29 is 23.8 Å². The van der Waals surface area contributed by atoms with Crippen LogP contribution in [0.3, 0.4) is 0 Å². The van der Waals surface area contributed by atoms with Gasteiger partial charge in [-0.3, -0.25) is 9.59 Å². The SMILES string of the molecule is CC(C)CCOc1ccc2ccccc2c1N.COC(=O)CCC(=O)OC. The van der Waals surface area contributed by atoms with Crippen LogP contribution in [0, 0.1) is 5.92 Å². The minimum Gasteiger partial charge on any atom is -0.491 e. The third-order valence-corrected chi connectivity index (χ3v) is 3.87. The fourth-order valence-electron chi connectivity index (χ4n) is 2.21.